The number of anilines is 1. The molecular formula is C23H17ClFN5OS. The fourth-order valence-corrected chi connectivity index (χ4v) is 4.39. The van der Waals surface area contributed by atoms with Gasteiger partial charge in [0.25, 0.3) is 0 Å². The van der Waals surface area contributed by atoms with E-state index in [2.05, 4.69) is 15.4 Å². The number of carbonyl (C=O) groups excluding carboxylic acids is 1. The Bertz CT molecular complexity index is 1390. The van der Waals surface area contributed by atoms with E-state index in [1.54, 1.807) is 29.1 Å². The van der Waals surface area contributed by atoms with Crippen molar-refractivity contribution in [3.05, 3.63) is 94.5 Å². The van der Waals surface area contributed by atoms with Crippen LogP contribution in [0.15, 0.2) is 72.4 Å². The molecule has 0 aliphatic carbocycles. The number of rotatable bonds is 6. The number of halogens is 2. The minimum atomic E-state index is -0.289. The molecule has 0 radical (unpaired) electrons. The van der Waals surface area contributed by atoms with Crippen molar-refractivity contribution in [1.29, 1.82) is 0 Å². The Kier molecular flexibility index (Phi) is 5.46. The third kappa shape index (κ3) is 4.28. The third-order valence-corrected chi connectivity index (χ3v) is 6.14. The van der Waals surface area contributed by atoms with E-state index in [-0.39, 0.29) is 18.1 Å². The van der Waals surface area contributed by atoms with Crippen molar-refractivity contribution in [2.24, 2.45) is 0 Å². The molecule has 32 heavy (non-hydrogen) atoms. The van der Waals surface area contributed by atoms with Crippen molar-refractivity contribution in [3.63, 3.8) is 0 Å². The molecule has 3 heterocycles. The Morgan fingerprint density at radius 1 is 1.09 bits per heavy atom. The first-order valence-corrected chi connectivity index (χ1v) is 11.1. The molecule has 0 bridgehead atoms. The van der Waals surface area contributed by atoms with Gasteiger partial charge in [0.05, 0.1) is 24.9 Å². The van der Waals surface area contributed by atoms with E-state index < -0.39 is 0 Å². The number of carbonyl (C=O) groups is 1. The molecule has 0 fully saturated rings. The maximum Gasteiger partial charge on any atom is 0.231 e. The van der Waals surface area contributed by atoms with Crippen LogP contribution in [0.1, 0.15) is 11.3 Å². The fraction of sp³-hybridized carbons (Fsp3) is 0.0870. The predicted octanol–water partition coefficient (Wildman–Crippen LogP) is 5.28. The predicted molar refractivity (Wildman–Crippen MR) is 124 cm³/mol. The van der Waals surface area contributed by atoms with Gasteiger partial charge in [-0.05, 0) is 42.0 Å². The number of thiazole rings is 1. The van der Waals surface area contributed by atoms with Gasteiger partial charge >= 0.3 is 0 Å². The molecule has 0 atom stereocenters. The Morgan fingerprint density at radius 2 is 1.88 bits per heavy atom. The van der Waals surface area contributed by atoms with Gasteiger partial charge in [0, 0.05) is 33.9 Å². The van der Waals surface area contributed by atoms with Gasteiger partial charge in [-0.15, -0.1) is 11.3 Å². The molecule has 0 spiro atoms. The SMILES string of the molecule is O=C(Cc1csc2nc(-c3ccc(F)cc3)cn12)Nc1ccnn1Cc1ccc(Cl)cc1. The van der Waals surface area contributed by atoms with Crippen LogP contribution < -0.4 is 5.32 Å². The zero-order valence-electron chi connectivity index (χ0n) is 16.7. The lowest BCUT2D eigenvalue weighted by molar-refractivity contribution is -0.115. The van der Waals surface area contributed by atoms with Crippen LogP contribution in [0.2, 0.25) is 5.02 Å². The zero-order chi connectivity index (χ0) is 22.1. The van der Waals surface area contributed by atoms with E-state index in [1.165, 1.54) is 23.5 Å². The highest BCUT2D eigenvalue weighted by Gasteiger charge is 2.14. The number of nitrogens with zero attached hydrogens (tertiary/aromatic N) is 4. The quantitative estimate of drug-likeness (QED) is 0.371. The standard InChI is InChI=1S/C23H17ClFN5OS/c24-17-5-1-15(2-6-17)12-30-21(9-10-26-30)28-22(31)11-19-14-32-23-27-20(13-29(19)23)16-3-7-18(25)8-4-16/h1-10,13-14H,11-12H2,(H,28,31). The summed E-state index contributed by atoms with van der Waals surface area (Å²) in [7, 11) is 0. The lowest BCUT2D eigenvalue weighted by Crippen LogP contribution is -2.18. The van der Waals surface area contributed by atoms with Crippen LogP contribution in [0.5, 0.6) is 0 Å². The minimum absolute atomic E-state index is 0.153. The number of benzene rings is 2. The molecule has 2 aromatic carbocycles. The second-order valence-corrected chi connectivity index (χ2v) is 8.51. The molecule has 0 aliphatic heterocycles. The van der Waals surface area contributed by atoms with Crippen molar-refractivity contribution >= 4 is 39.6 Å². The highest BCUT2D eigenvalue weighted by Crippen LogP contribution is 2.24. The number of fused-ring (bicyclic) bond motifs is 1. The molecule has 0 aliphatic rings. The van der Waals surface area contributed by atoms with Crippen LogP contribution in [0.25, 0.3) is 16.2 Å². The lowest BCUT2D eigenvalue weighted by atomic mass is 10.2. The maximum atomic E-state index is 13.2. The highest BCUT2D eigenvalue weighted by molar-refractivity contribution is 7.15. The smallest absolute Gasteiger partial charge is 0.231 e. The molecule has 6 nitrogen and oxygen atoms in total. The number of hydrogen-bond acceptors (Lipinski definition) is 4. The third-order valence-electron chi connectivity index (χ3n) is 4.99. The summed E-state index contributed by atoms with van der Waals surface area (Å²) < 4.78 is 16.8. The Hall–Kier alpha value is -3.49. The van der Waals surface area contributed by atoms with Crippen molar-refractivity contribution in [3.8, 4) is 11.3 Å². The Labute approximate surface area is 191 Å². The fourth-order valence-electron chi connectivity index (χ4n) is 3.40. The average Bonchev–Trinajstić information content (AvgIpc) is 3.48. The summed E-state index contributed by atoms with van der Waals surface area (Å²) in [5, 5.41) is 9.83. The number of hydrogen-bond donors (Lipinski definition) is 1. The van der Waals surface area contributed by atoms with E-state index in [0.29, 0.717) is 17.4 Å². The van der Waals surface area contributed by atoms with Crippen molar-refractivity contribution in [2.45, 2.75) is 13.0 Å². The van der Waals surface area contributed by atoms with Gasteiger partial charge in [0.15, 0.2) is 4.96 Å². The van der Waals surface area contributed by atoms with E-state index in [1.807, 2.05) is 40.2 Å². The topological polar surface area (TPSA) is 64.2 Å². The van der Waals surface area contributed by atoms with E-state index in [0.717, 1.165) is 27.5 Å². The molecule has 1 amide bonds. The largest absolute Gasteiger partial charge is 0.311 e. The molecule has 5 aromatic rings. The molecule has 0 saturated carbocycles. The van der Waals surface area contributed by atoms with E-state index in [4.69, 9.17) is 11.6 Å². The van der Waals surface area contributed by atoms with Crippen LogP contribution >= 0.6 is 22.9 Å². The Morgan fingerprint density at radius 3 is 2.66 bits per heavy atom. The van der Waals surface area contributed by atoms with Crippen LogP contribution in [-0.4, -0.2) is 25.1 Å². The van der Waals surface area contributed by atoms with Crippen LogP contribution in [0, 0.1) is 5.82 Å². The van der Waals surface area contributed by atoms with E-state index >= 15 is 0 Å². The maximum absolute atomic E-state index is 13.2. The first kappa shape index (κ1) is 20.4. The molecule has 160 valence electrons. The van der Waals surface area contributed by atoms with Crippen molar-refractivity contribution < 1.29 is 9.18 Å². The monoisotopic (exact) mass is 465 g/mol. The number of aromatic nitrogens is 4. The van der Waals surface area contributed by atoms with Gasteiger partial charge < -0.3 is 5.32 Å². The van der Waals surface area contributed by atoms with Crippen molar-refractivity contribution in [2.75, 3.05) is 5.32 Å². The molecule has 5 rings (SSSR count). The summed E-state index contributed by atoms with van der Waals surface area (Å²) in [6.07, 6.45) is 3.71. The first-order chi connectivity index (χ1) is 15.5. The summed E-state index contributed by atoms with van der Waals surface area (Å²) in [4.78, 5) is 18.1. The first-order valence-electron chi connectivity index (χ1n) is 9.83. The van der Waals surface area contributed by atoms with Gasteiger partial charge in [0.1, 0.15) is 11.6 Å². The summed E-state index contributed by atoms with van der Waals surface area (Å²) in [5.41, 5.74) is 3.41. The molecule has 0 saturated heterocycles. The molecular weight excluding hydrogens is 449 g/mol. The zero-order valence-corrected chi connectivity index (χ0v) is 18.3. The lowest BCUT2D eigenvalue weighted by Gasteiger charge is -2.09. The van der Waals surface area contributed by atoms with Crippen LogP contribution in [0.3, 0.4) is 0 Å². The van der Waals surface area contributed by atoms with Gasteiger partial charge in [-0.1, -0.05) is 23.7 Å². The summed E-state index contributed by atoms with van der Waals surface area (Å²) in [6.45, 7) is 0.519. The number of nitrogens with one attached hydrogen (secondary N) is 1. The summed E-state index contributed by atoms with van der Waals surface area (Å²) in [6, 6.07) is 15.5. The Balaban J connectivity index is 1.30. The molecule has 1 N–H and O–H groups in total. The van der Waals surface area contributed by atoms with Gasteiger partial charge in [-0.25, -0.2) is 14.1 Å². The molecule has 0 unspecified atom stereocenters. The van der Waals surface area contributed by atoms with Crippen LogP contribution in [0.4, 0.5) is 10.2 Å². The second-order valence-electron chi connectivity index (χ2n) is 7.24. The second kappa shape index (κ2) is 8.57. The number of amides is 1. The molecule has 3 aromatic heterocycles. The van der Waals surface area contributed by atoms with Gasteiger partial charge in [-0.2, -0.15) is 5.10 Å². The van der Waals surface area contributed by atoms with Crippen molar-refractivity contribution in [1.82, 2.24) is 19.2 Å². The van der Waals surface area contributed by atoms with Gasteiger partial charge in [-0.3, -0.25) is 9.20 Å². The van der Waals surface area contributed by atoms with Crippen LogP contribution in [-0.2, 0) is 17.8 Å². The van der Waals surface area contributed by atoms with E-state index in [9.17, 15) is 9.18 Å². The normalized spacial score (nSPS) is 11.2. The highest BCUT2D eigenvalue weighted by atomic mass is 35.5. The molecule has 9 heteroatoms. The summed E-state index contributed by atoms with van der Waals surface area (Å²) >= 11 is 7.40. The average molecular weight is 466 g/mol. The minimum Gasteiger partial charge on any atom is -0.311 e. The number of imidazole rings is 1. The van der Waals surface area contributed by atoms with Gasteiger partial charge in [0.2, 0.25) is 5.91 Å². The summed E-state index contributed by atoms with van der Waals surface area (Å²) in [5.74, 6) is 0.177.